The molecular weight excluding hydrogens is 322 g/mol. The molecule has 25 heavy (non-hydrogen) atoms. The summed E-state index contributed by atoms with van der Waals surface area (Å²) in [4.78, 5) is 22.8. The number of rotatable bonds is 3. The summed E-state index contributed by atoms with van der Waals surface area (Å²) < 4.78 is 5.44. The fourth-order valence-corrected chi connectivity index (χ4v) is 2.40. The smallest absolute Gasteiger partial charge is 0.269 e. The second-order valence-electron chi connectivity index (χ2n) is 5.18. The molecule has 0 spiro atoms. The van der Waals surface area contributed by atoms with Gasteiger partial charge in [-0.15, -0.1) is 0 Å². The minimum atomic E-state index is -0.532. The number of fused-ring (bicyclic) bond motifs is 1. The van der Waals surface area contributed by atoms with Gasteiger partial charge in [-0.25, -0.2) is 0 Å². The maximum absolute atomic E-state index is 12.6. The fourth-order valence-electron chi connectivity index (χ4n) is 2.40. The van der Waals surface area contributed by atoms with E-state index >= 15 is 0 Å². The van der Waals surface area contributed by atoms with Gasteiger partial charge in [0.1, 0.15) is 5.58 Å². The lowest BCUT2D eigenvalue weighted by molar-refractivity contribution is -0.384. The number of nitrogens with zero attached hydrogens (tertiary/aromatic N) is 2. The highest BCUT2D eigenvalue weighted by atomic mass is 16.6. The summed E-state index contributed by atoms with van der Waals surface area (Å²) in [5.74, 6) is -0.0987. The quantitative estimate of drug-likeness (QED) is 0.445. The number of hydrogen-bond acceptors (Lipinski definition) is 6. The van der Waals surface area contributed by atoms with Crippen LogP contribution in [0.15, 0.2) is 57.7 Å². The number of anilines is 1. The van der Waals surface area contributed by atoms with E-state index in [4.69, 9.17) is 10.2 Å². The van der Waals surface area contributed by atoms with E-state index in [9.17, 15) is 20.2 Å². The van der Waals surface area contributed by atoms with Crippen LogP contribution in [-0.4, -0.2) is 4.92 Å². The number of non-ortho nitro benzene ring substituents is 1. The Morgan fingerprint density at radius 1 is 1.20 bits per heavy atom. The second kappa shape index (κ2) is 6.29. The van der Waals surface area contributed by atoms with Crippen molar-refractivity contribution in [1.82, 2.24) is 0 Å². The second-order valence-corrected chi connectivity index (χ2v) is 5.18. The van der Waals surface area contributed by atoms with Crippen molar-refractivity contribution >= 4 is 34.2 Å². The maximum Gasteiger partial charge on any atom is 0.269 e. The summed E-state index contributed by atoms with van der Waals surface area (Å²) in [5, 5.41) is 20.5. The van der Waals surface area contributed by atoms with Crippen LogP contribution in [0.2, 0.25) is 0 Å². The van der Waals surface area contributed by atoms with E-state index in [1.54, 1.807) is 24.3 Å². The van der Waals surface area contributed by atoms with E-state index in [0.717, 1.165) is 0 Å². The highest BCUT2D eigenvalue weighted by molar-refractivity contribution is 5.93. The molecule has 0 aliphatic carbocycles. The predicted molar refractivity (Wildman–Crippen MR) is 93.5 cm³/mol. The molecule has 2 N–H and O–H groups in total. The summed E-state index contributed by atoms with van der Waals surface area (Å²) in [6.45, 7) is 0. The molecule has 0 saturated heterocycles. The Bertz CT molecular complexity index is 1110. The zero-order valence-corrected chi connectivity index (χ0v) is 12.8. The van der Waals surface area contributed by atoms with Crippen molar-refractivity contribution in [2.75, 3.05) is 5.73 Å². The highest BCUT2D eigenvalue weighted by Gasteiger charge is 2.13. The van der Waals surface area contributed by atoms with Crippen LogP contribution in [0.25, 0.3) is 22.6 Å². The van der Waals surface area contributed by atoms with Gasteiger partial charge >= 0.3 is 0 Å². The first-order chi connectivity index (χ1) is 12.0. The molecule has 0 aliphatic heterocycles. The van der Waals surface area contributed by atoms with Crippen molar-refractivity contribution < 1.29 is 9.34 Å². The number of nitro groups is 1. The molecule has 0 fully saturated rings. The molecule has 1 heterocycles. The molecule has 0 aliphatic rings. The fraction of sp³-hybridized carbons (Fsp3) is 0. The molecule has 0 radical (unpaired) electrons. The van der Waals surface area contributed by atoms with Crippen molar-refractivity contribution in [3.8, 4) is 6.07 Å². The Kier molecular flexibility index (Phi) is 4.02. The van der Waals surface area contributed by atoms with Gasteiger partial charge in [0, 0.05) is 12.1 Å². The molecule has 0 amide bonds. The van der Waals surface area contributed by atoms with Crippen LogP contribution >= 0.6 is 0 Å². The Balaban J connectivity index is 2.15. The third-order valence-electron chi connectivity index (χ3n) is 3.66. The highest BCUT2D eigenvalue weighted by Crippen LogP contribution is 2.24. The number of nitro benzene ring substituents is 1. The topological polar surface area (TPSA) is 123 Å². The Hall–Kier alpha value is -3.92. The van der Waals surface area contributed by atoms with Crippen LogP contribution in [0.1, 0.15) is 11.1 Å². The van der Waals surface area contributed by atoms with Crippen LogP contribution in [-0.2, 0) is 0 Å². The zero-order valence-electron chi connectivity index (χ0n) is 12.8. The number of nitrogens with two attached hydrogens (primary N) is 1. The van der Waals surface area contributed by atoms with Gasteiger partial charge in [-0.2, -0.15) is 5.26 Å². The number of allylic oxidation sites excluding steroid dienone is 1. The molecule has 0 unspecified atom stereocenters. The summed E-state index contributed by atoms with van der Waals surface area (Å²) in [6, 6.07) is 14.1. The van der Waals surface area contributed by atoms with Crippen LogP contribution < -0.4 is 11.2 Å². The van der Waals surface area contributed by atoms with Crippen molar-refractivity contribution in [3.05, 3.63) is 80.0 Å². The van der Waals surface area contributed by atoms with E-state index in [0.29, 0.717) is 16.5 Å². The van der Waals surface area contributed by atoms with Crippen molar-refractivity contribution in [1.29, 1.82) is 5.26 Å². The summed E-state index contributed by atoms with van der Waals surface area (Å²) in [5.41, 5.74) is 6.37. The van der Waals surface area contributed by atoms with Gasteiger partial charge < -0.3 is 10.2 Å². The van der Waals surface area contributed by atoms with Gasteiger partial charge in [-0.3, -0.25) is 14.9 Å². The van der Waals surface area contributed by atoms with Crippen LogP contribution in [0.3, 0.4) is 0 Å². The molecule has 1 aromatic heterocycles. The molecule has 7 heteroatoms. The maximum atomic E-state index is 12.6. The molecule has 0 saturated carbocycles. The van der Waals surface area contributed by atoms with E-state index in [1.807, 2.05) is 6.07 Å². The van der Waals surface area contributed by atoms with Crippen molar-refractivity contribution in [2.45, 2.75) is 0 Å². The van der Waals surface area contributed by atoms with Crippen LogP contribution in [0.5, 0.6) is 0 Å². The number of para-hydroxylation sites is 1. The first-order valence-electron chi connectivity index (χ1n) is 7.19. The summed E-state index contributed by atoms with van der Waals surface area (Å²) in [6.07, 6.45) is 1.33. The Morgan fingerprint density at radius 3 is 2.52 bits per heavy atom. The third kappa shape index (κ3) is 2.96. The van der Waals surface area contributed by atoms with Crippen molar-refractivity contribution in [3.63, 3.8) is 0 Å². The lowest BCUT2D eigenvalue weighted by Crippen LogP contribution is -2.09. The minimum Gasteiger partial charge on any atom is -0.440 e. The lowest BCUT2D eigenvalue weighted by Gasteiger charge is -2.04. The third-order valence-corrected chi connectivity index (χ3v) is 3.66. The zero-order chi connectivity index (χ0) is 18.0. The van der Waals surface area contributed by atoms with E-state index in [1.165, 1.54) is 30.3 Å². The number of benzene rings is 2. The van der Waals surface area contributed by atoms with E-state index in [-0.39, 0.29) is 28.1 Å². The molecule has 3 rings (SSSR count). The van der Waals surface area contributed by atoms with Crippen molar-refractivity contribution in [2.24, 2.45) is 0 Å². The van der Waals surface area contributed by atoms with Gasteiger partial charge in [0.15, 0.2) is 0 Å². The monoisotopic (exact) mass is 333 g/mol. The predicted octanol–water partition coefficient (Wildman–Crippen LogP) is 3.35. The number of nitrogen functional groups attached to an aromatic ring is 1. The molecule has 2 aromatic carbocycles. The Labute approximate surface area is 141 Å². The first kappa shape index (κ1) is 16.0. The average molecular weight is 333 g/mol. The molecule has 0 atom stereocenters. The minimum absolute atomic E-state index is 0.0635. The molecule has 122 valence electrons. The van der Waals surface area contributed by atoms with Gasteiger partial charge in [0.2, 0.25) is 11.3 Å². The summed E-state index contributed by atoms with van der Waals surface area (Å²) in [7, 11) is 0. The number of hydrogen-bond donors (Lipinski definition) is 1. The van der Waals surface area contributed by atoms with Gasteiger partial charge in [-0.1, -0.05) is 12.1 Å². The largest absolute Gasteiger partial charge is 0.440 e. The lowest BCUT2D eigenvalue weighted by atomic mass is 10.0. The van der Waals surface area contributed by atoms with Crippen LogP contribution in [0.4, 0.5) is 11.6 Å². The molecular formula is C18H11N3O4. The summed E-state index contributed by atoms with van der Waals surface area (Å²) >= 11 is 0. The van der Waals surface area contributed by atoms with E-state index < -0.39 is 4.92 Å². The average Bonchev–Trinajstić information content (AvgIpc) is 2.62. The standard InChI is InChI=1S/C18H11N3O4/c19-10-12(11-5-7-13(8-6-11)21(23)24)9-15-17(22)14-3-1-2-4-16(14)25-18(15)20/h1-9H,20H2/b12-9+. The van der Waals surface area contributed by atoms with Gasteiger partial charge in [0.25, 0.3) is 5.69 Å². The SMILES string of the molecule is N#C/C(=C\c1c(N)oc2ccccc2c1=O)c1ccc([N+](=O)[O-])cc1. The van der Waals surface area contributed by atoms with Crippen LogP contribution in [0, 0.1) is 21.4 Å². The number of nitriles is 1. The van der Waals surface area contributed by atoms with Gasteiger partial charge in [-0.05, 0) is 35.9 Å². The normalized spacial score (nSPS) is 11.2. The Morgan fingerprint density at radius 2 is 1.88 bits per heavy atom. The molecule has 0 bridgehead atoms. The van der Waals surface area contributed by atoms with E-state index in [2.05, 4.69) is 0 Å². The molecule has 3 aromatic rings. The first-order valence-corrected chi connectivity index (χ1v) is 7.19. The van der Waals surface area contributed by atoms with Gasteiger partial charge in [0.05, 0.1) is 27.5 Å². The molecule has 7 nitrogen and oxygen atoms in total.